The van der Waals surface area contributed by atoms with Crippen molar-refractivity contribution in [1.82, 2.24) is 5.32 Å². The van der Waals surface area contributed by atoms with Crippen LogP contribution in [0.5, 0.6) is 0 Å². The van der Waals surface area contributed by atoms with Crippen molar-refractivity contribution < 1.29 is 8.42 Å². The van der Waals surface area contributed by atoms with E-state index < -0.39 is 10.0 Å². The first-order valence-electron chi connectivity index (χ1n) is 9.08. The van der Waals surface area contributed by atoms with Crippen LogP contribution in [-0.2, 0) is 10.0 Å². The number of nitrogens with one attached hydrogen (secondary N) is 1. The Bertz CT molecular complexity index is 635. The summed E-state index contributed by atoms with van der Waals surface area (Å²) >= 11 is 0. The van der Waals surface area contributed by atoms with Crippen LogP contribution in [0.15, 0.2) is 24.3 Å². The molecule has 1 aromatic rings. The van der Waals surface area contributed by atoms with Gasteiger partial charge in [0.15, 0.2) is 0 Å². The molecule has 134 valence electrons. The van der Waals surface area contributed by atoms with E-state index in [0.29, 0.717) is 12.5 Å². The van der Waals surface area contributed by atoms with Crippen LogP contribution < -0.4 is 14.5 Å². The van der Waals surface area contributed by atoms with Gasteiger partial charge in [0.05, 0.1) is 17.6 Å². The van der Waals surface area contributed by atoms with Gasteiger partial charge in [0.1, 0.15) is 0 Å². The Morgan fingerprint density at radius 1 is 1.12 bits per heavy atom. The Kier molecular flexibility index (Phi) is 5.66. The molecule has 1 saturated carbocycles. The van der Waals surface area contributed by atoms with E-state index in [0.717, 1.165) is 50.4 Å². The van der Waals surface area contributed by atoms with Crippen molar-refractivity contribution in [3.05, 3.63) is 24.3 Å². The number of benzene rings is 1. The van der Waals surface area contributed by atoms with Gasteiger partial charge in [-0.1, -0.05) is 31.4 Å². The molecule has 2 aliphatic rings. The molecule has 6 heteroatoms. The van der Waals surface area contributed by atoms with Crippen LogP contribution in [-0.4, -0.2) is 47.4 Å². The van der Waals surface area contributed by atoms with Crippen molar-refractivity contribution >= 4 is 21.4 Å². The number of nitrogens with zero attached hydrogens (tertiary/aromatic N) is 2. The second-order valence-electron chi connectivity index (χ2n) is 7.02. The van der Waals surface area contributed by atoms with Gasteiger partial charge in [0.25, 0.3) is 0 Å². The standard InChI is InChI=1S/C18H29N3O2S/c1-24(22,23)21(15-16-7-3-2-4-8-16)18-10-6-5-9-17(18)20-13-11-19-12-14-20/h5-6,9-10,16,19H,2-4,7-8,11-15H2,1H3. The molecule has 0 aromatic heterocycles. The number of hydrogen-bond donors (Lipinski definition) is 1. The zero-order chi connectivity index (χ0) is 17.0. The molecule has 24 heavy (non-hydrogen) atoms. The number of anilines is 2. The SMILES string of the molecule is CS(=O)(=O)N(CC1CCCCC1)c1ccccc1N1CCNCC1. The quantitative estimate of drug-likeness (QED) is 0.885. The third-order valence-electron chi connectivity index (χ3n) is 5.16. The molecule has 0 amide bonds. The molecular formula is C18H29N3O2S. The van der Waals surface area contributed by atoms with Crippen molar-refractivity contribution in [2.45, 2.75) is 32.1 Å². The summed E-state index contributed by atoms with van der Waals surface area (Å²) in [6.07, 6.45) is 7.35. The van der Waals surface area contributed by atoms with Gasteiger partial charge in [-0.25, -0.2) is 8.42 Å². The zero-order valence-electron chi connectivity index (χ0n) is 14.6. The number of para-hydroxylation sites is 2. The maximum atomic E-state index is 12.5. The Morgan fingerprint density at radius 2 is 1.79 bits per heavy atom. The van der Waals surface area contributed by atoms with Crippen LogP contribution >= 0.6 is 0 Å². The van der Waals surface area contributed by atoms with Crippen LogP contribution in [0.25, 0.3) is 0 Å². The summed E-state index contributed by atoms with van der Waals surface area (Å²) in [5.74, 6) is 0.476. The first kappa shape index (κ1) is 17.5. The van der Waals surface area contributed by atoms with E-state index in [-0.39, 0.29) is 0 Å². The summed E-state index contributed by atoms with van der Waals surface area (Å²) in [6, 6.07) is 7.96. The van der Waals surface area contributed by atoms with Gasteiger partial charge >= 0.3 is 0 Å². The molecule has 1 saturated heterocycles. The molecule has 0 bridgehead atoms. The third-order valence-corrected chi connectivity index (χ3v) is 6.30. The molecule has 1 aromatic carbocycles. The van der Waals surface area contributed by atoms with E-state index >= 15 is 0 Å². The van der Waals surface area contributed by atoms with Crippen molar-refractivity contribution in [2.75, 3.05) is 48.2 Å². The summed E-state index contributed by atoms with van der Waals surface area (Å²) in [7, 11) is -3.29. The lowest BCUT2D eigenvalue weighted by Crippen LogP contribution is -2.44. The van der Waals surface area contributed by atoms with Gasteiger partial charge in [0, 0.05) is 32.7 Å². The Balaban J connectivity index is 1.89. The lowest BCUT2D eigenvalue weighted by molar-refractivity contribution is 0.366. The molecular weight excluding hydrogens is 322 g/mol. The first-order chi connectivity index (χ1) is 11.6. The summed E-state index contributed by atoms with van der Waals surface area (Å²) in [4.78, 5) is 2.30. The summed E-state index contributed by atoms with van der Waals surface area (Å²) < 4.78 is 26.7. The van der Waals surface area contributed by atoms with E-state index in [4.69, 9.17) is 0 Å². The number of hydrogen-bond acceptors (Lipinski definition) is 4. The minimum atomic E-state index is -3.29. The highest BCUT2D eigenvalue weighted by Crippen LogP contribution is 2.34. The first-order valence-corrected chi connectivity index (χ1v) is 10.9. The summed E-state index contributed by atoms with van der Waals surface area (Å²) in [6.45, 7) is 4.32. The van der Waals surface area contributed by atoms with E-state index in [1.807, 2.05) is 18.2 Å². The highest BCUT2D eigenvalue weighted by molar-refractivity contribution is 7.92. The zero-order valence-corrected chi connectivity index (χ0v) is 15.4. The summed E-state index contributed by atoms with van der Waals surface area (Å²) in [5, 5.41) is 3.36. The fraction of sp³-hybridized carbons (Fsp3) is 0.667. The highest BCUT2D eigenvalue weighted by atomic mass is 32.2. The normalized spacial score (nSPS) is 20.1. The predicted octanol–water partition coefficient (Wildman–Crippen LogP) is 2.44. The molecule has 1 N–H and O–H groups in total. The largest absolute Gasteiger partial charge is 0.367 e. The molecule has 1 aliphatic heterocycles. The average molecular weight is 352 g/mol. The minimum absolute atomic E-state index is 0.476. The number of piperazine rings is 1. The molecule has 1 aliphatic carbocycles. The summed E-state index contributed by atoms with van der Waals surface area (Å²) in [5.41, 5.74) is 1.88. The highest BCUT2D eigenvalue weighted by Gasteiger charge is 2.26. The number of sulfonamides is 1. The molecule has 1 heterocycles. The number of rotatable bonds is 5. The smallest absolute Gasteiger partial charge is 0.232 e. The van der Waals surface area contributed by atoms with Crippen molar-refractivity contribution in [3.8, 4) is 0 Å². The molecule has 3 rings (SSSR count). The molecule has 0 unspecified atom stereocenters. The van der Waals surface area contributed by atoms with Crippen LogP contribution in [0.2, 0.25) is 0 Å². The van der Waals surface area contributed by atoms with Gasteiger partial charge < -0.3 is 10.2 Å². The second-order valence-corrected chi connectivity index (χ2v) is 8.93. The maximum absolute atomic E-state index is 12.5. The van der Waals surface area contributed by atoms with E-state index in [9.17, 15) is 8.42 Å². The Hall–Kier alpha value is -1.27. The van der Waals surface area contributed by atoms with Crippen LogP contribution in [0.3, 0.4) is 0 Å². The fourth-order valence-corrected chi connectivity index (χ4v) is 4.86. The Labute approximate surface area is 146 Å². The van der Waals surface area contributed by atoms with Crippen LogP contribution in [0, 0.1) is 5.92 Å². The molecule has 0 spiro atoms. The van der Waals surface area contributed by atoms with Gasteiger partial charge in [0.2, 0.25) is 10.0 Å². The topological polar surface area (TPSA) is 52.7 Å². The monoisotopic (exact) mass is 351 g/mol. The lowest BCUT2D eigenvalue weighted by atomic mass is 9.89. The van der Waals surface area contributed by atoms with E-state index in [2.05, 4.69) is 16.3 Å². The third kappa shape index (κ3) is 4.22. The van der Waals surface area contributed by atoms with Crippen molar-refractivity contribution in [1.29, 1.82) is 0 Å². The van der Waals surface area contributed by atoms with Gasteiger partial charge in [-0.05, 0) is 30.9 Å². The van der Waals surface area contributed by atoms with Crippen LogP contribution in [0.4, 0.5) is 11.4 Å². The molecule has 0 radical (unpaired) electrons. The van der Waals surface area contributed by atoms with Crippen molar-refractivity contribution in [3.63, 3.8) is 0 Å². The van der Waals surface area contributed by atoms with Crippen LogP contribution in [0.1, 0.15) is 32.1 Å². The molecule has 5 nitrogen and oxygen atoms in total. The maximum Gasteiger partial charge on any atom is 0.232 e. The molecule has 0 atom stereocenters. The van der Waals surface area contributed by atoms with E-state index in [1.54, 1.807) is 4.31 Å². The van der Waals surface area contributed by atoms with Gasteiger partial charge in [-0.3, -0.25) is 4.31 Å². The fourth-order valence-electron chi connectivity index (χ4n) is 3.86. The minimum Gasteiger partial charge on any atom is -0.367 e. The average Bonchev–Trinajstić information content (AvgIpc) is 2.60. The van der Waals surface area contributed by atoms with Gasteiger partial charge in [-0.2, -0.15) is 0 Å². The van der Waals surface area contributed by atoms with Gasteiger partial charge in [-0.15, -0.1) is 0 Å². The molecule has 2 fully saturated rings. The Morgan fingerprint density at radius 3 is 2.46 bits per heavy atom. The predicted molar refractivity (Wildman–Crippen MR) is 100 cm³/mol. The van der Waals surface area contributed by atoms with E-state index in [1.165, 1.54) is 25.5 Å². The van der Waals surface area contributed by atoms with Crippen molar-refractivity contribution in [2.24, 2.45) is 5.92 Å². The second kappa shape index (κ2) is 7.74. The lowest BCUT2D eigenvalue weighted by Gasteiger charge is -2.35.